The van der Waals surface area contributed by atoms with Crippen LogP contribution < -0.4 is 4.90 Å². The fourth-order valence-electron chi connectivity index (χ4n) is 2.81. The molecule has 0 aliphatic heterocycles. The molecular formula is C19H26N2O4V. The summed E-state index contributed by atoms with van der Waals surface area (Å²) >= 11 is 1.06. The van der Waals surface area contributed by atoms with Crippen LogP contribution >= 0.6 is 0 Å². The van der Waals surface area contributed by atoms with E-state index in [0.717, 1.165) is 28.7 Å². The van der Waals surface area contributed by atoms with Crippen molar-refractivity contribution in [2.24, 2.45) is 0 Å². The minimum atomic E-state index is -0.190. The molecule has 0 saturated carbocycles. The van der Waals surface area contributed by atoms with Gasteiger partial charge in [0.2, 0.25) is 0 Å². The van der Waals surface area contributed by atoms with Crippen molar-refractivity contribution >= 4 is 11.4 Å². The first-order chi connectivity index (χ1) is 12.8. The molecule has 2 aromatic carbocycles. The number of rotatable bonds is 10. The molecule has 2 rings (SSSR count). The van der Waals surface area contributed by atoms with Gasteiger partial charge in [-0.15, -0.1) is 0 Å². The SMILES string of the molecule is OCCN(CCO)C(CO)CN(c1ccccc1)c1ccccc1.[O]=[V]. The third-order valence-electron chi connectivity index (χ3n) is 4.03. The summed E-state index contributed by atoms with van der Waals surface area (Å²) in [6, 6.07) is 19.8. The van der Waals surface area contributed by atoms with Gasteiger partial charge in [0, 0.05) is 31.0 Å². The van der Waals surface area contributed by atoms with Crippen molar-refractivity contribution in [2.45, 2.75) is 6.04 Å². The average Bonchev–Trinajstić information content (AvgIpc) is 2.72. The molecule has 3 N–H and O–H groups in total. The Morgan fingerprint density at radius 1 is 0.769 bits per heavy atom. The van der Waals surface area contributed by atoms with Gasteiger partial charge in [-0.3, -0.25) is 4.90 Å². The van der Waals surface area contributed by atoms with Crippen molar-refractivity contribution in [3.63, 3.8) is 0 Å². The van der Waals surface area contributed by atoms with Crippen molar-refractivity contribution < 1.29 is 36.4 Å². The van der Waals surface area contributed by atoms with Gasteiger partial charge in [-0.2, -0.15) is 0 Å². The van der Waals surface area contributed by atoms with Crippen LogP contribution in [0.2, 0.25) is 0 Å². The summed E-state index contributed by atoms with van der Waals surface area (Å²) in [5.74, 6) is 0. The van der Waals surface area contributed by atoms with E-state index in [9.17, 15) is 15.3 Å². The number of anilines is 2. The van der Waals surface area contributed by atoms with Gasteiger partial charge in [-0.25, -0.2) is 0 Å². The second-order valence-corrected chi connectivity index (χ2v) is 5.60. The van der Waals surface area contributed by atoms with Crippen molar-refractivity contribution in [3.8, 4) is 0 Å². The summed E-state index contributed by atoms with van der Waals surface area (Å²) in [7, 11) is 0. The predicted molar refractivity (Wildman–Crippen MR) is 97.2 cm³/mol. The zero-order chi connectivity index (χ0) is 19.2. The van der Waals surface area contributed by atoms with E-state index in [-0.39, 0.29) is 25.9 Å². The minimum absolute atomic E-state index is 0.00677. The standard InChI is InChI=1S/C19H26N2O3.O.V/c22-13-11-20(12-14-23)19(16-24)15-21(17-7-3-1-4-8-17)18-9-5-2-6-10-18;;/h1-10,19,22-24H,11-16H2;;. The van der Waals surface area contributed by atoms with Crippen LogP contribution in [-0.4, -0.2) is 65.7 Å². The van der Waals surface area contributed by atoms with Crippen LogP contribution in [0, 0.1) is 0 Å². The van der Waals surface area contributed by atoms with Crippen LogP contribution in [0.15, 0.2) is 60.7 Å². The van der Waals surface area contributed by atoms with Crippen molar-refractivity contribution in [2.75, 3.05) is 44.4 Å². The first-order valence-electron chi connectivity index (χ1n) is 8.42. The van der Waals surface area contributed by atoms with E-state index in [2.05, 4.69) is 4.90 Å². The molecular weight excluding hydrogens is 371 g/mol. The van der Waals surface area contributed by atoms with Crippen molar-refractivity contribution in [1.82, 2.24) is 4.90 Å². The Bertz CT molecular complexity index is 543. The number of aliphatic hydroxyl groups excluding tert-OH is 3. The van der Waals surface area contributed by atoms with Gasteiger partial charge in [0.15, 0.2) is 0 Å². The molecule has 7 heteroatoms. The number of aliphatic hydroxyl groups is 3. The molecule has 6 nitrogen and oxygen atoms in total. The fourth-order valence-corrected chi connectivity index (χ4v) is 2.81. The van der Waals surface area contributed by atoms with E-state index in [1.54, 1.807) is 0 Å². The number of hydrogen-bond donors (Lipinski definition) is 3. The first-order valence-corrected chi connectivity index (χ1v) is 8.99. The van der Waals surface area contributed by atoms with E-state index in [1.165, 1.54) is 0 Å². The summed E-state index contributed by atoms with van der Waals surface area (Å²) in [4.78, 5) is 4.06. The molecule has 141 valence electrons. The van der Waals surface area contributed by atoms with Gasteiger partial charge >= 0.3 is 21.0 Å². The molecule has 0 spiro atoms. The number of hydrogen-bond acceptors (Lipinski definition) is 6. The zero-order valence-corrected chi connectivity index (χ0v) is 16.1. The molecule has 0 amide bonds. The molecule has 0 radical (unpaired) electrons. The molecule has 1 unspecified atom stereocenters. The third kappa shape index (κ3) is 7.00. The van der Waals surface area contributed by atoms with Crippen molar-refractivity contribution in [1.29, 1.82) is 0 Å². The Morgan fingerprint density at radius 2 is 1.19 bits per heavy atom. The van der Waals surface area contributed by atoms with Crippen LogP contribution in [0.4, 0.5) is 11.4 Å². The Labute approximate surface area is 163 Å². The monoisotopic (exact) mass is 397 g/mol. The fraction of sp³-hybridized carbons (Fsp3) is 0.368. The molecule has 0 aromatic heterocycles. The Kier molecular flexibility index (Phi) is 11.8. The maximum absolute atomic E-state index is 9.86. The van der Waals surface area contributed by atoms with E-state index in [1.807, 2.05) is 65.6 Å². The second kappa shape index (κ2) is 13.6. The average molecular weight is 397 g/mol. The summed E-state index contributed by atoms with van der Waals surface area (Å²) in [6.07, 6.45) is 0. The molecule has 0 aliphatic carbocycles. The van der Waals surface area contributed by atoms with Crippen LogP contribution in [0.5, 0.6) is 0 Å². The van der Waals surface area contributed by atoms with Gasteiger partial charge in [0.1, 0.15) is 0 Å². The Hall–Kier alpha value is -1.54. The molecule has 0 fully saturated rings. The number of nitrogens with zero attached hydrogens (tertiary/aromatic N) is 2. The molecule has 1 atom stereocenters. The van der Waals surface area contributed by atoms with Crippen molar-refractivity contribution in [3.05, 3.63) is 60.7 Å². The summed E-state index contributed by atoms with van der Waals surface area (Å²) in [6.45, 7) is 1.34. The predicted octanol–water partition coefficient (Wildman–Crippen LogP) is 1.35. The topological polar surface area (TPSA) is 84.2 Å². The normalized spacial score (nSPS) is 11.5. The number of benzene rings is 2. The maximum atomic E-state index is 9.86. The molecule has 0 aliphatic rings. The molecule has 0 heterocycles. The van der Waals surface area contributed by atoms with E-state index >= 15 is 0 Å². The van der Waals surface area contributed by atoms with Gasteiger partial charge in [0.25, 0.3) is 0 Å². The van der Waals surface area contributed by atoms with Crippen LogP contribution in [-0.2, 0) is 21.0 Å². The van der Waals surface area contributed by atoms with E-state index in [4.69, 9.17) is 3.67 Å². The first kappa shape index (κ1) is 22.5. The second-order valence-electron chi connectivity index (χ2n) is 5.60. The van der Waals surface area contributed by atoms with Gasteiger partial charge in [-0.1, -0.05) is 36.4 Å². The number of para-hydroxylation sites is 2. The molecule has 2 aromatic rings. The molecule has 26 heavy (non-hydrogen) atoms. The van der Waals surface area contributed by atoms with Crippen LogP contribution in [0.1, 0.15) is 0 Å². The Morgan fingerprint density at radius 3 is 1.54 bits per heavy atom. The van der Waals surface area contributed by atoms with E-state index in [0.29, 0.717) is 19.6 Å². The van der Waals surface area contributed by atoms with Gasteiger partial charge in [-0.05, 0) is 24.3 Å². The summed E-state index contributed by atoms with van der Waals surface area (Å²) in [5.41, 5.74) is 2.07. The Balaban J connectivity index is 0.00000163. The zero-order valence-electron chi connectivity index (χ0n) is 14.7. The van der Waals surface area contributed by atoms with Crippen LogP contribution in [0.3, 0.4) is 0 Å². The quantitative estimate of drug-likeness (QED) is 0.561. The molecule has 0 bridgehead atoms. The van der Waals surface area contributed by atoms with Gasteiger partial charge in [0.05, 0.1) is 25.9 Å². The van der Waals surface area contributed by atoms with E-state index < -0.39 is 0 Å². The van der Waals surface area contributed by atoms with Crippen LogP contribution in [0.25, 0.3) is 0 Å². The summed E-state index contributed by atoms with van der Waals surface area (Å²) < 4.78 is 8.19. The van der Waals surface area contributed by atoms with Gasteiger partial charge < -0.3 is 20.2 Å². The summed E-state index contributed by atoms with van der Waals surface area (Å²) in [5, 5.41) is 28.4. The molecule has 0 saturated heterocycles. The third-order valence-corrected chi connectivity index (χ3v) is 4.03.